The molecular weight excluding hydrogens is 234 g/mol. The van der Waals surface area contributed by atoms with Crippen LogP contribution in [0.25, 0.3) is 0 Å². The zero-order valence-corrected chi connectivity index (χ0v) is 10.1. The lowest BCUT2D eigenvalue weighted by atomic mass is 10.3. The van der Waals surface area contributed by atoms with E-state index in [9.17, 15) is 9.90 Å². The van der Waals surface area contributed by atoms with Crippen LogP contribution in [0.4, 0.5) is 0 Å². The van der Waals surface area contributed by atoms with Gasteiger partial charge in [0, 0.05) is 0 Å². The van der Waals surface area contributed by atoms with Gasteiger partial charge in [-0.3, -0.25) is 9.63 Å². The summed E-state index contributed by atoms with van der Waals surface area (Å²) in [6.45, 7) is -0.176. The molecule has 1 aliphatic rings. The third-order valence-corrected chi connectivity index (χ3v) is 2.87. The number of nitrogens with one attached hydrogen (secondary N) is 1. The summed E-state index contributed by atoms with van der Waals surface area (Å²) in [4.78, 5) is 16.7. The van der Waals surface area contributed by atoms with Crippen molar-refractivity contribution in [2.45, 2.75) is 31.8 Å². The molecule has 1 aliphatic carbocycles. The molecule has 2 N–H and O–H groups in total. The fourth-order valence-corrected chi connectivity index (χ4v) is 1.91. The van der Waals surface area contributed by atoms with Crippen LogP contribution in [0.2, 0.25) is 0 Å². The molecule has 1 amide bonds. The van der Waals surface area contributed by atoms with E-state index in [4.69, 9.17) is 9.57 Å². The first kappa shape index (κ1) is 12.7. The number of amides is 1. The molecule has 0 bridgehead atoms. The second-order valence-electron chi connectivity index (χ2n) is 4.31. The summed E-state index contributed by atoms with van der Waals surface area (Å²) in [5.74, 6) is -0.0549. The molecular formula is C13H17NO4. The number of hydroxylamine groups is 1. The maximum Gasteiger partial charge on any atom is 0.281 e. The lowest BCUT2D eigenvalue weighted by molar-refractivity contribution is -0.140. The lowest BCUT2D eigenvalue weighted by Crippen LogP contribution is -2.32. The maximum absolute atomic E-state index is 11.4. The predicted molar refractivity (Wildman–Crippen MR) is 65.1 cm³/mol. The summed E-state index contributed by atoms with van der Waals surface area (Å²) in [6, 6.07) is 6.51. The molecule has 98 valence electrons. The number of para-hydroxylation sites is 2. The number of ether oxygens (including phenoxy) is 1. The number of phenolic OH excluding ortho intramolecular Hbond substituents is 1. The topological polar surface area (TPSA) is 67.8 Å². The van der Waals surface area contributed by atoms with Crippen LogP contribution in [-0.4, -0.2) is 23.7 Å². The fourth-order valence-electron chi connectivity index (χ4n) is 1.91. The molecule has 18 heavy (non-hydrogen) atoms. The first-order chi connectivity index (χ1) is 8.75. The van der Waals surface area contributed by atoms with Gasteiger partial charge in [0.15, 0.2) is 18.1 Å². The highest BCUT2D eigenvalue weighted by molar-refractivity contribution is 5.76. The number of benzene rings is 1. The van der Waals surface area contributed by atoms with Crippen molar-refractivity contribution in [1.29, 1.82) is 0 Å². The van der Waals surface area contributed by atoms with Crippen LogP contribution in [0, 0.1) is 0 Å². The Balaban J connectivity index is 1.69. The van der Waals surface area contributed by atoms with Gasteiger partial charge in [0.2, 0.25) is 0 Å². The molecule has 0 aromatic heterocycles. The number of phenols is 1. The van der Waals surface area contributed by atoms with Crippen molar-refractivity contribution in [3.63, 3.8) is 0 Å². The van der Waals surface area contributed by atoms with Crippen LogP contribution in [-0.2, 0) is 9.63 Å². The van der Waals surface area contributed by atoms with Gasteiger partial charge >= 0.3 is 0 Å². The second-order valence-corrected chi connectivity index (χ2v) is 4.31. The molecule has 1 saturated carbocycles. The summed E-state index contributed by atoms with van der Waals surface area (Å²) in [5.41, 5.74) is 2.37. The average Bonchev–Trinajstić information content (AvgIpc) is 2.88. The molecule has 0 radical (unpaired) electrons. The number of aromatic hydroxyl groups is 1. The minimum absolute atomic E-state index is 0.0158. The molecule has 1 fully saturated rings. The summed E-state index contributed by atoms with van der Waals surface area (Å²) in [5, 5.41) is 9.44. The first-order valence-electron chi connectivity index (χ1n) is 6.11. The lowest BCUT2D eigenvalue weighted by Gasteiger charge is -2.12. The first-order valence-corrected chi connectivity index (χ1v) is 6.11. The highest BCUT2D eigenvalue weighted by Crippen LogP contribution is 2.24. The smallest absolute Gasteiger partial charge is 0.281 e. The van der Waals surface area contributed by atoms with E-state index in [2.05, 4.69) is 5.48 Å². The average molecular weight is 251 g/mol. The molecule has 0 spiro atoms. The molecule has 0 unspecified atom stereocenters. The number of hydrogen-bond acceptors (Lipinski definition) is 4. The van der Waals surface area contributed by atoms with Crippen LogP contribution in [0.5, 0.6) is 11.5 Å². The Morgan fingerprint density at radius 1 is 1.33 bits per heavy atom. The van der Waals surface area contributed by atoms with Crippen molar-refractivity contribution in [1.82, 2.24) is 5.48 Å². The Bertz CT molecular complexity index is 402. The largest absolute Gasteiger partial charge is 0.504 e. The van der Waals surface area contributed by atoms with E-state index in [1.807, 2.05) is 0 Å². The van der Waals surface area contributed by atoms with Gasteiger partial charge in [-0.25, -0.2) is 5.48 Å². The zero-order valence-electron chi connectivity index (χ0n) is 10.1. The van der Waals surface area contributed by atoms with Crippen LogP contribution in [0.3, 0.4) is 0 Å². The maximum atomic E-state index is 11.4. The highest BCUT2D eigenvalue weighted by atomic mass is 16.7. The van der Waals surface area contributed by atoms with Crippen molar-refractivity contribution in [2.75, 3.05) is 6.61 Å². The Morgan fingerprint density at radius 2 is 2.06 bits per heavy atom. The Morgan fingerprint density at radius 3 is 2.78 bits per heavy atom. The van der Waals surface area contributed by atoms with E-state index < -0.39 is 0 Å². The van der Waals surface area contributed by atoms with Crippen molar-refractivity contribution in [3.8, 4) is 11.5 Å². The van der Waals surface area contributed by atoms with Gasteiger partial charge in [-0.1, -0.05) is 25.0 Å². The molecule has 1 aromatic rings. The van der Waals surface area contributed by atoms with E-state index in [1.54, 1.807) is 18.2 Å². The zero-order chi connectivity index (χ0) is 12.8. The number of hydrogen-bond donors (Lipinski definition) is 2. The molecule has 5 heteroatoms. The van der Waals surface area contributed by atoms with Crippen molar-refractivity contribution < 1.29 is 19.5 Å². The minimum atomic E-state index is -0.356. The van der Waals surface area contributed by atoms with Crippen molar-refractivity contribution in [2.24, 2.45) is 0 Å². The molecule has 2 rings (SSSR count). The Kier molecular flexibility index (Phi) is 4.41. The van der Waals surface area contributed by atoms with Gasteiger partial charge in [0.25, 0.3) is 5.91 Å². The van der Waals surface area contributed by atoms with Gasteiger partial charge in [-0.2, -0.15) is 0 Å². The number of rotatable bonds is 5. The van der Waals surface area contributed by atoms with Crippen molar-refractivity contribution in [3.05, 3.63) is 24.3 Å². The standard InChI is InChI=1S/C13H17NO4/c15-11-7-3-4-8-12(11)17-9-13(16)14-18-10-5-1-2-6-10/h3-4,7-8,10,15H,1-2,5-6,9H2,(H,14,16). The summed E-state index contributed by atoms with van der Waals surface area (Å²) >= 11 is 0. The molecule has 5 nitrogen and oxygen atoms in total. The van der Waals surface area contributed by atoms with Gasteiger partial charge in [0.1, 0.15) is 0 Å². The molecule has 0 aliphatic heterocycles. The minimum Gasteiger partial charge on any atom is -0.504 e. The quantitative estimate of drug-likeness (QED) is 0.782. The Hall–Kier alpha value is -1.75. The van der Waals surface area contributed by atoms with Gasteiger partial charge < -0.3 is 9.84 Å². The highest BCUT2D eigenvalue weighted by Gasteiger charge is 2.17. The monoisotopic (exact) mass is 251 g/mol. The third-order valence-electron chi connectivity index (χ3n) is 2.87. The van der Waals surface area contributed by atoms with Crippen LogP contribution >= 0.6 is 0 Å². The van der Waals surface area contributed by atoms with E-state index >= 15 is 0 Å². The number of carbonyl (C=O) groups is 1. The van der Waals surface area contributed by atoms with E-state index in [0.717, 1.165) is 25.7 Å². The summed E-state index contributed by atoms with van der Waals surface area (Å²) < 4.78 is 5.17. The Labute approximate surface area is 106 Å². The molecule has 0 atom stereocenters. The normalized spacial score (nSPS) is 15.6. The van der Waals surface area contributed by atoms with E-state index in [-0.39, 0.29) is 30.1 Å². The van der Waals surface area contributed by atoms with Crippen LogP contribution in [0.15, 0.2) is 24.3 Å². The third kappa shape index (κ3) is 3.63. The van der Waals surface area contributed by atoms with Gasteiger partial charge in [-0.05, 0) is 25.0 Å². The predicted octanol–water partition coefficient (Wildman–Crippen LogP) is 1.76. The molecule has 1 aromatic carbocycles. The summed E-state index contributed by atoms with van der Waals surface area (Å²) in [6.07, 6.45) is 4.39. The van der Waals surface area contributed by atoms with Crippen molar-refractivity contribution >= 4 is 5.91 Å². The molecule has 0 saturated heterocycles. The second kappa shape index (κ2) is 6.26. The fraction of sp³-hybridized carbons (Fsp3) is 0.462. The SMILES string of the molecule is O=C(COc1ccccc1O)NOC1CCCC1. The number of carbonyl (C=O) groups excluding carboxylic acids is 1. The van der Waals surface area contributed by atoms with Gasteiger partial charge in [0.05, 0.1) is 6.10 Å². The van der Waals surface area contributed by atoms with Crippen LogP contribution < -0.4 is 10.2 Å². The van der Waals surface area contributed by atoms with E-state index in [0.29, 0.717) is 0 Å². The summed E-state index contributed by atoms with van der Waals surface area (Å²) in [7, 11) is 0. The van der Waals surface area contributed by atoms with Crippen LogP contribution in [0.1, 0.15) is 25.7 Å². The van der Waals surface area contributed by atoms with Gasteiger partial charge in [-0.15, -0.1) is 0 Å². The molecule has 0 heterocycles. The van der Waals surface area contributed by atoms with E-state index in [1.165, 1.54) is 6.07 Å².